The molecule has 2 aromatic rings. The van der Waals surface area contributed by atoms with E-state index in [4.69, 9.17) is 17.0 Å². The maximum Gasteiger partial charge on any atom is 0.308 e. The topological polar surface area (TPSA) is 113 Å². The van der Waals surface area contributed by atoms with E-state index in [0.717, 1.165) is 11.8 Å². The lowest BCUT2D eigenvalue weighted by Gasteiger charge is -2.36. The number of carbonyl (C=O) groups excluding carboxylic acids is 3. The van der Waals surface area contributed by atoms with Crippen molar-refractivity contribution >= 4 is 63.6 Å². The van der Waals surface area contributed by atoms with E-state index >= 15 is 0 Å². The van der Waals surface area contributed by atoms with E-state index in [0.29, 0.717) is 23.1 Å². The molecule has 2 amide bonds. The van der Waals surface area contributed by atoms with Crippen LogP contribution in [0.25, 0.3) is 11.7 Å². The number of pyridine rings is 1. The number of nitrogens with zero attached hydrogens (tertiary/aromatic N) is 4. The Morgan fingerprint density at radius 3 is 2.84 bits per heavy atom. The Kier molecular flexibility index (Phi) is 5.98. The molecule has 2 aromatic heterocycles. The van der Waals surface area contributed by atoms with Crippen molar-refractivity contribution in [2.75, 3.05) is 32.1 Å². The first-order valence-electron chi connectivity index (χ1n) is 9.66. The number of thiocarbonyl (C=S) groups is 1. The van der Waals surface area contributed by atoms with Crippen LogP contribution in [0.15, 0.2) is 34.1 Å². The summed E-state index contributed by atoms with van der Waals surface area (Å²) in [5.74, 6) is -1.05. The predicted octanol–water partition coefficient (Wildman–Crippen LogP) is 0.393. The maximum atomic E-state index is 13.4. The molecule has 1 N–H and O–H groups in total. The summed E-state index contributed by atoms with van der Waals surface area (Å²) >= 11 is 6.27. The van der Waals surface area contributed by atoms with Gasteiger partial charge in [0.1, 0.15) is 21.8 Å². The van der Waals surface area contributed by atoms with Crippen molar-refractivity contribution in [3.8, 4) is 0 Å². The van der Waals surface area contributed by atoms with Gasteiger partial charge in [0.25, 0.3) is 11.5 Å². The monoisotopic (exact) mass is 473 g/mol. The van der Waals surface area contributed by atoms with Gasteiger partial charge in [-0.05, 0) is 18.2 Å². The van der Waals surface area contributed by atoms with Crippen LogP contribution >= 0.6 is 24.0 Å². The van der Waals surface area contributed by atoms with Gasteiger partial charge in [-0.3, -0.25) is 28.5 Å². The van der Waals surface area contributed by atoms with Crippen molar-refractivity contribution in [2.24, 2.45) is 0 Å². The lowest BCUT2D eigenvalue weighted by molar-refractivity contribution is -0.143. The summed E-state index contributed by atoms with van der Waals surface area (Å²) < 4.78 is 6.48. The molecular formula is C20H19N5O5S2. The second-order valence-corrected chi connectivity index (χ2v) is 8.78. The summed E-state index contributed by atoms with van der Waals surface area (Å²) in [6.45, 7) is 0.626. The number of aromatic nitrogens is 2. The molecule has 0 aromatic carbocycles. The molecule has 0 spiro atoms. The first kappa shape index (κ1) is 22.0. The molecule has 1 unspecified atom stereocenters. The van der Waals surface area contributed by atoms with Crippen LogP contribution in [-0.4, -0.2) is 69.7 Å². The molecule has 10 nitrogen and oxygen atoms in total. The van der Waals surface area contributed by atoms with Crippen molar-refractivity contribution in [3.63, 3.8) is 0 Å². The van der Waals surface area contributed by atoms with E-state index < -0.39 is 17.6 Å². The molecule has 0 bridgehead atoms. The average molecular weight is 474 g/mol. The molecule has 0 aliphatic carbocycles. The van der Waals surface area contributed by atoms with Crippen molar-refractivity contribution in [3.05, 3.63) is 45.2 Å². The summed E-state index contributed by atoms with van der Waals surface area (Å²) in [7, 11) is 2.80. The van der Waals surface area contributed by atoms with E-state index in [9.17, 15) is 19.2 Å². The summed E-state index contributed by atoms with van der Waals surface area (Å²) in [6.07, 6.45) is 2.81. The minimum atomic E-state index is -0.915. The number of anilines is 1. The molecule has 0 saturated carbocycles. The van der Waals surface area contributed by atoms with Crippen LogP contribution in [0.1, 0.15) is 12.0 Å². The van der Waals surface area contributed by atoms with Gasteiger partial charge in [0.2, 0.25) is 5.91 Å². The number of methoxy groups -OCH3 is 1. The van der Waals surface area contributed by atoms with E-state index in [1.807, 2.05) is 0 Å². The molecule has 4 rings (SSSR count). The third-order valence-electron chi connectivity index (χ3n) is 5.20. The highest BCUT2D eigenvalue weighted by Gasteiger charge is 2.36. The number of likely N-dealkylation sites (N-methyl/N-ethyl adjacent to an activating group) is 1. The smallest absolute Gasteiger partial charge is 0.308 e. The van der Waals surface area contributed by atoms with Gasteiger partial charge < -0.3 is 15.0 Å². The summed E-state index contributed by atoms with van der Waals surface area (Å²) in [6, 6.07) is 4.18. The minimum Gasteiger partial charge on any atom is -0.469 e. The van der Waals surface area contributed by atoms with Crippen molar-refractivity contribution in [1.29, 1.82) is 0 Å². The van der Waals surface area contributed by atoms with Crippen LogP contribution in [0, 0.1) is 0 Å². The van der Waals surface area contributed by atoms with Crippen LogP contribution in [0.3, 0.4) is 0 Å². The lowest BCUT2D eigenvalue weighted by atomic mass is 10.1. The molecule has 166 valence electrons. The number of rotatable bonds is 4. The van der Waals surface area contributed by atoms with E-state index in [1.165, 1.54) is 22.5 Å². The second kappa shape index (κ2) is 8.71. The number of thioether (sulfide) groups is 1. The maximum absolute atomic E-state index is 13.4. The lowest BCUT2D eigenvalue weighted by Crippen LogP contribution is -2.57. The normalized spacial score (nSPS) is 20.2. The van der Waals surface area contributed by atoms with Gasteiger partial charge in [0.15, 0.2) is 0 Å². The molecule has 0 radical (unpaired) electrons. The van der Waals surface area contributed by atoms with Crippen molar-refractivity contribution in [2.45, 2.75) is 12.5 Å². The van der Waals surface area contributed by atoms with Crippen LogP contribution in [0.4, 0.5) is 5.82 Å². The third kappa shape index (κ3) is 3.86. The number of esters is 1. The molecule has 12 heteroatoms. The van der Waals surface area contributed by atoms with Gasteiger partial charge in [-0.15, -0.1) is 0 Å². The van der Waals surface area contributed by atoms with Crippen LogP contribution in [0.5, 0.6) is 0 Å². The average Bonchev–Trinajstić information content (AvgIpc) is 3.03. The zero-order valence-electron chi connectivity index (χ0n) is 17.2. The number of ether oxygens (including phenoxy) is 1. The fraction of sp³-hybridized carbons (Fsp3) is 0.300. The van der Waals surface area contributed by atoms with Gasteiger partial charge >= 0.3 is 5.97 Å². The molecule has 1 atom stereocenters. The zero-order valence-corrected chi connectivity index (χ0v) is 18.9. The zero-order chi connectivity index (χ0) is 23.0. The highest BCUT2D eigenvalue weighted by Crippen LogP contribution is 2.33. The quantitative estimate of drug-likeness (QED) is 0.383. The number of fused-ring (bicyclic) bond motifs is 1. The fourth-order valence-electron chi connectivity index (χ4n) is 3.53. The van der Waals surface area contributed by atoms with E-state index in [1.54, 1.807) is 36.3 Å². The van der Waals surface area contributed by atoms with Gasteiger partial charge in [0.05, 0.1) is 24.0 Å². The van der Waals surface area contributed by atoms with Crippen molar-refractivity contribution < 1.29 is 19.1 Å². The first-order valence-corrected chi connectivity index (χ1v) is 10.9. The number of hydrogen-bond donors (Lipinski definition) is 1. The standard InChI is InChI=1S/C20H19N5O5S2/c1-23-19(29)13(32-20(23)31)9-11-16(22-14-5-3-4-7-25(14)18(11)28)24-8-6-21-17(27)12(24)10-15(26)30-2/h3-5,7,9,12H,6,8,10H2,1-2H3,(H,21,27)/b13-9-. The van der Waals surface area contributed by atoms with Crippen LogP contribution in [-0.2, 0) is 19.1 Å². The highest BCUT2D eigenvalue weighted by atomic mass is 32.2. The number of hydrogen-bond acceptors (Lipinski definition) is 9. The van der Waals surface area contributed by atoms with E-state index in [2.05, 4.69) is 10.3 Å². The Bertz CT molecular complexity index is 1240. The minimum absolute atomic E-state index is 0.132. The van der Waals surface area contributed by atoms with Crippen LogP contribution in [0.2, 0.25) is 0 Å². The Hall–Kier alpha value is -3.25. The molecule has 2 aliphatic heterocycles. The summed E-state index contributed by atoms with van der Waals surface area (Å²) in [5.41, 5.74) is 0.0949. The van der Waals surface area contributed by atoms with Gasteiger partial charge in [-0.25, -0.2) is 4.98 Å². The molecule has 2 aliphatic rings. The SMILES string of the molecule is COC(=O)CC1C(=O)NCCN1c1nc2ccccn2c(=O)c1/C=C1\SC(=S)N(C)C1=O. The first-order chi connectivity index (χ1) is 15.3. The van der Waals surface area contributed by atoms with Crippen molar-refractivity contribution in [1.82, 2.24) is 19.6 Å². The molecule has 2 saturated heterocycles. The third-order valence-corrected chi connectivity index (χ3v) is 6.69. The number of piperazine rings is 1. The number of amides is 2. The Balaban J connectivity index is 1.91. The molecule has 2 fully saturated rings. The van der Waals surface area contributed by atoms with Crippen LogP contribution < -0.4 is 15.8 Å². The van der Waals surface area contributed by atoms with Gasteiger partial charge in [-0.1, -0.05) is 30.0 Å². The summed E-state index contributed by atoms with van der Waals surface area (Å²) in [5, 5.41) is 2.73. The Morgan fingerprint density at radius 2 is 2.16 bits per heavy atom. The molecule has 4 heterocycles. The summed E-state index contributed by atoms with van der Waals surface area (Å²) in [4.78, 5) is 58.4. The second-order valence-electron chi connectivity index (χ2n) is 7.10. The Labute approximate surface area is 192 Å². The number of carbonyl (C=O) groups is 3. The van der Waals surface area contributed by atoms with Gasteiger partial charge in [-0.2, -0.15) is 0 Å². The molecular weight excluding hydrogens is 454 g/mol. The van der Waals surface area contributed by atoms with Gasteiger partial charge in [0, 0.05) is 26.3 Å². The fourth-order valence-corrected chi connectivity index (χ4v) is 4.69. The predicted molar refractivity (Wildman–Crippen MR) is 123 cm³/mol. The highest BCUT2D eigenvalue weighted by molar-refractivity contribution is 8.26. The molecule has 32 heavy (non-hydrogen) atoms. The Morgan fingerprint density at radius 1 is 1.38 bits per heavy atom. The largest absolute Gasteiger partial charge is 0.469 e. The number of nitrogens with one attached hydrogen (secondary N) is 1. The van der Waals surface area contributed by atoms with E-state index in [-0.39, 0.29) is 34.5 Å².